The van der Waals surface area contributed by atoms with Crippen molar-refractivity contribution in [3.8, 4) is 11.8 Å². The number of benzene rings is 1. The number of rotatable bonds is 4. The van der Waals surface area contributed by atoms with Crippen LogP contribution in [0.4, 0.5) is 0 Å². The predicted octanol–water partition coefficient (Wildman–Crippen LogP) is -0.104. The number of carbonyl (C=O) groups is 2. The van der Waals surface area contributed by atoms with Crippen LogP contribution in [0.2, 0.25) is 0 Å². The van der Waals surface area contributed by atoms with E-state index in [9.17, 15) is 9.59 Å². The van der Waals surface area contributed by atoms with Crippen molar-refractivity contribution in [1.82, 2.24) is 10.6 Å². The molecule has 0 unspecified atom stereocenters. The molecule has 0 aliphatic carbocycles. The normalized spacial score (nSPS) is 9.16. The Kier molecular flexibility index (Phi) is 6.13. The quantitative estimate of drug-likeness (QED) is 0.661. The first kappa shape index (κ1) is 14.7. The second kappa shape index (κ2) is 7.90. The van der Waals surface area contributed by atoms with Gasteiger partial charge in [-0.05, 0) is 24.3 Å². The van der Waals surface area contributed by atoms with Crippen LogP contribution in [0.1, 0.15) is 22.3 Å². The van der Waals surface area contributed by atoms with Gasteiger partial charge < -0.3 is 15.7 Å². The molecule has 0 fully saturated rings. The van der Waals surface area contributed by atoms with Crippen LogP contribution < -0.4 is 10.6 Å². The van der Waals surface area contributed by atoms with Gasteiger partial charge in [0.05, 0.1) is 0 Å². The smallest absolute Gasteiger partial charge is 0.251 e. The van der Waals surface area contributed by atoms with Gasteiger partial charge in [0.15, 0.2) is 0 Å². The highest BCUT2D eigenvalue weighted by Crippen LogP contribution is 2.03. The largest absolute Gasteiger partial charge is 0.384 e. The summed E-state index contributed by atoms with van der Waals surface area (Å²) in [7, 11) is 1.55. The zero-order valence-corrected chi connectivity index (χ0v) is 10.7. The van der Waals surface area contributed by atoms with E-state index in [0.717, 1.165) is 5.56 Å². The lowest BCUT2D eigenvalue weighted by atomic mass is 10.1. The van der Waals surface area contributed by atoms with Gasteiger partial charge >= 0.3 is 0 Å². The minimum atomic E-state index is -0.231. The number of hydrogen-bond acceptors (Lipinski definition) is 3. The molecule has 1 aromatic carbocycles. The molecular weight excluding hydrogens is 244 g/mol. The topological polar surface area (TPSA) is 78.4 Å². The molecule has 0 aromatic heterocycles. The first-order chi connectivity index (χ1) is 9.17. The maximum absolute atomic E-state index is 11.7. The van der Waals surface area contributed by atoms with E-state index in [1.807, 2.05) is 0 Å². The molecule has 0 atom stereocenters. The summed E-state index contributed by atoms with van der Waals surface area (Å²) < 4.78 is 0. The number of nitrogens with one attached hydrogen (secondary N) is 2. The van der Waals surface area contributed by atoms with E-state index in [1.165, 1.54) is 0 Å². The van der Waals surface area contributed by atoms with E-state index >= 15 is 0 Å². The standard InChI is InChI=1S/C14H16N2O3/c1-15-13(18)8-9-16-14(19)12-6-4-11(5-7-12)3-2-10-17/h4-7,17H,8-10H2,1H3,(H,15,18)(H,16,19). The molecule has 0 saturated carbocycles. The van der Waals surface area contributed by atoms with Gasteiger partial charge in [-0.1, -0.05) is 11.8 Å². The summed E-state index contributed by atoms with van der Waals surface area (Å²) in [6, 6.07) is 6.71. The predicted molar refractivity (Wildman–Crippen MR) is 71.4 cm³/mol. The van der Waals surface area contributed by atoms with Gasteiger partial charge in [-0.3, -0.25) is 9.59 Å². The van der Waals surface area contributed by atoms with Crippen molar-refractivity contribution in [2.24, 2.45) is 0 Å². The highest BCUT2D eigenvalue weighted by molar-refractivity contribution is 5.94. The molecular formula is C14H16N2O3. The second-order valence-electron chi connectivity index (χ2n) is 3.72. The molecule has 19 heavy (non-hydrogen) atoms. The summed E-state index contributed by atoms with van der Waals surface area (Å²) in [5.74, 6) is 4.92. The Balaban J connectivity index is 2.51. The molecule has 0 radical (unpaired) electrons. The van der Waals surface area contributed by atoms with Crippen LogP contribution in [-0.4, -0.2) is 37.1 Å². The summed E-state index contributed by atoms with van der Waals surface area (Å²) in [5.41, 5.74) is 1.24. The molecule has 100 valence electrons. The molecule has 0 saturated heterocycles. The molecule has 5 heteroatoms. The molecule has 0 heterocycles. The van der Waals surface area contributed by atoms with Gasteiger partial charge in [0.25, 0.3) is 5.91 Å². The van der Waals surface area contributed by atoms with Crippen LogP contribution in [0, 0.1) is 11.8 Å². The number of hydrogen-bond donors (Lipinski definition) is 3. The second-order valence-corrected chi connectivity index (χ2v) is 3.72. The number of carbonyl (C=O) groups excluding carboxylic acids is 2. The third-order valence-electron chi connectivity index (χ3n) is 2.38. The summed E-state index contributed by atoms with van der Waals surface area (Å²) in [5, 5.41) is 13.7. The lowest BCUT2D eigenvalue weighted by Gasteiger charge is -2.04. The van der Waals surface area contributed by atoms with E-state index in [-0.39, 0.29) is 24.8 Å². The van der Waals surface area contributed by atoms with E-state index in [0.29, 0.717) is 12.1 Å². The summed E-state index contributed by atoms with van der Waals surface area (Å²) in [6.07, 6.45) is 0.252. The van der Waals surface area contributed by atoms with E-state index in [4.69, 9.17) is 5.11 Å². The number of aliphatic hydroxyl groups is 1. The molecule has 0 bridgehead atoms. The first-order valence-corrected chi connectivity index (χ1v) is 5.86. The molecule has 1 aromatic rings. The Labute approximate surface area is 112 Å². The lowest BCUT2D eigenvalue weighted by Crippen LogP contribution is -2.29. The Morgan fingerprint density at radius 2 is 1.95 bits per heavy atom. The van der Waals surface area contributed by atoms with Crippen LogP contribution >= 0.6 is 0 Å². The molecule has 2 amide bonds. The van der Waals surface area contributed by atoms with Crippen molar-refractivity contribution in [1.29, 1.82) is 0 Å². The molecule has 0 aliphatic rings. The van der Waals surface area contributed by atoms with Crippen molar-refractivity contribution in [2.45, 2.75) is 6.42 Å². The van der Waals surface area contributed by atoms with Gasteiger partial charge in [0.1, 0.15) is 6.61 Å². The van der Waals surface area contributed by atoms with E-state index < -0.39 is 0 Å². The van der Waals surface area contributed by atoms with Crippen LogP contribution in [0.15, 0.2) is 24.3 Å². The van der Waals surface area contributed by atoms with Crippen molar-refractivity contribution in [2.75, 3.05) is 20.2 Å². The molecule has 3 N–H and O–H groups in total. The molecule has 0 aliphatic heterocycles. The van der Waals surface area contributed by atoms with Crippen molar-refractivity contribution >= 4 is 11.8 Å². The third kappa shape index (κ3) is 5.23. The number of aliphatic hydroxyl groups excluding tert-OH is 1. The van der Waals surface area contributed by atoms with Crippen LogP contribution in [0.5, 0.6) is 0 Å². The minimum Gasteiger partial charge on any atom is -0.384 e. The molecule has 0 spiro atoms. The van der Waals surface area contributed by atoms with Crippen LogP contribution in [0.3, 0.4) is 0 Å². The average molecular weight is 260 g/mol. The van der Waals surface area contributed by atoms with Gasteiger partial charge in [-0.15, -0.1) is 0 Å². The fourth-order valence-electron chi connectivity index (χ4n) is 1.36. The maximum atomic E-state index is 11.7. The monoisotopic (exact) mass is 260 g/mol. The zero-order valence-electron chi connectivity index (χ0n) is 10.7. The SMILES string of the molecule is CNC(=O)CCNC(=O)c1ccc(C#CCO)cc1. The highest BCUT2D eigenvalue weighted by Gasteiger charge is 2.05. The Hall–Kier alpha value is -2.32. The Bertz CT molecular complexity index is 498. The van der Waals surface area contributed by atoms with Gasteiger partial charge in [-0.2, -0.15) is 0 Å². The third-order valence-corrected chi connectivity index (χ3v) is 2.38. The van der Waals surface area contributed by atoms with Crippen molar-refractivity contribution < 1.29 is 14.7 Å². The number of amides is 2. The average Bonchev–Trinajstić information content (AvgIpc) is 2.45. The summed E-state index contributed by atoms with van der Waals surface area (Å²) in [6.45, 7) is 0.103. The van der Waals surface area contributed by atoms with Crippen LogP contribution in [0.25, 0.3) is 0 Å². The van der Waals surface area contributed by atoms with Crippen molar-refractivity contribution in [3.63, 3.8) is 0 Å². The molecule has 1 rings (SSSR count). The van der Waals surface area contributed by atoms with Gasteiger partial charge in [0.2, 0.25) is 5.91 Å². The van der Waals surface area contributed by atoms with Gasteiger partial charge in [-0.25, -0.2) is 0 Å². The van der Waals surface area contributed by atoms with Gasteiger partial charge in [0, 0.05) is 31.1 Å². The van der Waals surface area contributed by atoms with E-state index in [2.05, 4.69) is 22.5 Å². The zero-order chi connectivity index (χ0) is 14.1. The first-order valence-electron chi connectivity index (χ1n) is 5.86. The Morgan fingerprint density at radius 3 is 2.53 bits per heavy atom. The highest BCUT2D eigenvalue weighted by atomic mass is 16.2. The van der Waals surface area contributed by atoms with Crippen molar-refractivity contribution in [3.05, 3.63) is 35.4 Å². The fraction of sp³-hybridized carbons (Fsp3) is 0.286. The summed E-state index contributed by atoms with van der Waals surface area (Å²) >= 11 is 0. The lowest BCUT2D eigenvalue weighted by molar-refractivity contribution is -0.120. The fourth-order valence-corrected chi connectivity index (χ4v) is 1.36. The minimum absolute atomic E-state index is 0.116. The molecule has 5 nitrogen and oxygen atoms in total. The van der Waals surface area contributed by atoms with E-state index in [1.54, 1.807) is 31.3 Å². The Morgan fingerprint density at radius 1 is 1.26 bits per heavy atom. The maximum Gasteiger partial charge on any atom is 0.251 e. The summed E-state index contributed by atoms with van der Waals surface area (Å²) in [4.78, 5) is 22.7. The van der Waals surface area contributed by atoms with Crippen LogP contribution in [-0.2, 0) is 4.79 Å².